The van der Waals surface area contributed by atoms with Crippen LogP contribution in [-0.2, 0) is 0 Å². The van der Waals surface area contributed by atoms with Gasteiger partial charge in [0.25, 0.3) is 0 Å². The molecule has 1 N–H and O–H groups in total. The number of hydrogen-bond acceptors (Lipinski definition) is 2. The average molecular weight is 186 g/mol. The lowest BCUT2D eigenvalue weighted by Crippen LogP contribution is -2.42. The minimum absolute atomic E-state index is 0.390. The van der Waals surface area contributed by atoms with Gasteiger partial charge >= 0.3 is 0 Å². The van der Waals surface area contributed by atoms with Gasteiger partial charge in [0.2, 0.25) is 0 Å². The fraction of sp³-hybridized carbons (Fsp3) is 0.417. The maximum Gasteiger partial charge on any atom is 0.0876 e. The molecular formula is C12H14N2. The molecular weight excluding hydrogens is 172 g/mol. The highest BCUT2D eigenvalue weighted by atomic mass is 15.0. The van der Waals surface area contributed by atoms with Gasteiger partial charge in [-0.1, -0.05) is 18.2 Å². The molecule has 2 nitrogen and oxygen atoms in total. The second kappa shape index (κ2) is 2.92. The molecule has 14 heavy (non-hydrogen) atoms. The van der Waals surface area contributed by atoms with Crippen LogP contribution in [0.3, 0.4) is 0 Å². The van der Waals surface area contributed by atoms with E-state index < -0.39 is 0 Å². The normalized spacial score (nSPS) is 29.4. The van der Waals surface area contributed by atoms with Gasteiger partial charge in [-0.05, 0) is 31.5 Å². The fourth-order valence-electron chi connectivity index (χ4n) is 2.49. The number of nitrogens with one attached hydrogen (secondary N) is 1. The lowest BCUT2D eigenvalue weighted by molar-refractivity contribution is 0.478. The van der Waals surface area contributed by atoms with E-state index in [9.17, 15) is 0 Å². The van der Waals surface area contributed by atoms with Crippen LogP contribution in [0, 0.1) is 0 Å². The Morgan fingerprint density at radius 1 is 1.36 bits per heavy atom. The molecule has 3 rings (SSSR count). The van der Waals surface area contributed by atoms with Crippen molar-refractivity contribution < 1.29 is 0 Å². The lowest BCUT2D eigenvalue weighted by atomic mass is 9.94. The topological polar surface area (TPSA) is 24.4 Å². The molecule has 72 valence electrons. The average Bonchev–Trinajstić information content (AvgIpc) is 2.59. The van der Waals surface area contributed by atoms with Crippen LogP contribution in [0.5, 0.6) is 0 Å². The van der Waals surface area contributed by atoms with E-state index in [0.717, 1.165) is 13.0 Å². The molecule has 0 amide bonds. The van der Waals surface area contributed by atoms with Crippen LogP contribution >= 0.6 is 0 Å². The van der Waals surface area contributed by atoms with Gasteiger partial charge in [-0.25, -0.2) is 0 Å². The number of piperidine rings is 1. The maximum atomic E-state index is 4.76. The van der Waals surface area contributed by atoms with Crippen molar-refractivity contribution >= 4 is 5.57 Å². The highest BCUT2D eigenvalue weighted by Gasteiger charge is 2.27. The molecule has 1 aromatic rings. The minimum atomic E-state index is 0.390. The van der Waals surface area contributed by atoms with Crippen molar-refractivity contribution in [1.82, 2.24) is 5.32 Å². The lowest BCUT2D eigenvalue weighted by Gasteiger charge is -2.27. The van der Waals surface area contributed by atoms with Crippen molar-refractivity contribution in [3.8, 4) is 0 Å². The van der Waals surface area contributed by atoms with Gasteiger partial charge < -0.3 is 5.32 Å². The summed E-state index contributed by atoms with van der Waals surface area (Å²) in [7, 11) is 0. The maximum absolute atomic E-state index is 4.76. The zero-order valence-electron chi connectivity index (χ0n) is 8.33. The van der Waals surface area contributed by atoms with E-state index in [-0.39, 0.29) is 0 Å². The Balaban J connectivity index is 2.26. The summed E-state index contributed by atoms with van der Waals surface area (Å²) in [5.74, 6) is 0. The van der Waals surface area contributed by atoms with Crippen molar-refractivity contribution in [2.75, 3.05) is 6.54 Å². The van der Waals surface area contributed by atoms with Crippen LogP contribution in [0.4, 0.5) is 0 Å². The van der Waals surface area contributed by atoms with Crippen molar-refractivity contribution in [3.05, 3.63) is 34.8 Å². The second-order valence-corrected chi connectivity index (χ2v) is 4.11. The first-order chi connectivity index (χ1) is 6.86. The zero-order chi connectivity index (χ0) is 9.54. The van der Waals surface area contributed by atoms with E-state index in [0.29, 0.717) is 12.1 Å². The van der Waals surface area contributed by atoms with Crippen LogP contribution in [0.25, 0.3) is 5.57 Å². The third-order valence-corrected chi connectivity index (χ3v) is 3.22. The summed E-state index contributed by atoms with van der Waals surface area (Å²) in [5, 5.41) is 6.04. The van der Waals surface area contributed by atoms with Gasteiger partial charge in [0.1, 0.15) is 0 Å². The molecule has 2 heterocycles. The van der Waals surface area contributed by atoms with Crippen LogP contribution < -0.4 is 15.9 Å². The first-order valence-corrected chi connectivity index (χ1v) is 5.25. The van der Waals surface area contributed by atoms with Gasteiger partial charge in [0, 0.05) is 11.3 Å². The van der Waals surface area contributed by atoms with Gasteiger partial charge in [0.15, 0.2) is 0 Å². The van der Waals surface area contributed by atoms with Crippen LogP contribution in [0.1, 0.15) is 13.3 Å². The molecule has 0 unspecified atom stereocenters. The number of benzene rings is 1. The van der Waals surface area contributed by atoms with Gasteiger partial charge in [-0.15, -0.1) is 0 Å². The molecule has 0 saturated carbocycles. The van der Waals surface area contributed by atoms with Crippen LogP contribution in [0.15, 0.2) is 29.3 Å². The molecule has 1 saturated heterocycles. The second-order valence-electron chi connectivity index (χ2n) is 4.11. The third kappa shape index (κ3) is 1.04. The standard InChI is InChI=1S/C12H14N2/c1-8-12-10(6-7-13-8)9-4-2-3-5-11(9)14-12/h2-5,8,12-13H,6-7H2,1H3/t8-,12-/m0/s1. The van der Waals surface area contributed by atoms with E-state index in [4.69, 9.17) is 4.99 Å². The SMILES string of the molecule is C[C@@H]1NCCC2=c3ccccc3=N[C@H]21. The molecule has 2 aliphatic heterocycles. The molecule has 2 atom stereocenters. The molecule has 0 bridgehead atoms. The van der Waals surface area contributed by atoms with Crippen molar-refractivity contribution in [2.45, 2.75) is 25.4 Å². The predicted octanol–water partition coefficient (Wildman–Crippen LogP) is 0.221. The summed E-state index contributed by atoms with van der Waals surface area (Å²) >= 11 is 0. The molecule has 2 aliphatic rings. The molecule has 0 spiro atoms. The zero-order valence-corrected chi connectivity index (χ0v) is 8.33. The molecule has 2 heteroatoms. The minimum Gasteiger partial charge on any atom is -0.311 e. The Morgan fingerprint density at radius 2 is 2.21 bits per heavy atom. The summed E-state index contributed by atoms with van der Waals surface area (Å²) < 4.78 is 0. The first-order valence-electron chi connectivity index (χ1n) is 5.25. The highest BCUT2D eigenvalue weighted by molar-refractivity contribution is 5.55. The van der Waals surface area contributed by atoms with Gasteiger partial charge in [-0.3, -0.25) is 4.99 Å². The monoisotopic (exact) mass is 186 g/mol. The fourth-order valence-corrected chi connectivity index (χ4v) is 2.49. The number of para-hydroxylation sites is 1. The Labute approximate surface area is 83.4 Å². The highest BCUT2D eigenvalue weighted by Crippen LogP contribution is 2.20. The summed E-state index contributed by atoms with van der Waals surface area (Å²) in [6.45, 7) is 3.32. The van der Waals surface area contributed by atoms with Crippen molar-refractivity contribution in [2.24, 2.45) is 4.99 Å². The van der Waals surface area contributed by atoms with E-state index in [2.05, 4.69) is 36.5 Å². The molecule has 1 aromatic carbocycles. The Bertz CT molecular complexity index is 475. The van der Waals surface area contributed by atoms with Gasteiger partial charge in [-0.2, -0.15) is 0 Å². The van der Waals surface area contributed by atoms with E-state index >= 15 is 0 Å². The summed E-state index contributed by atoms with van der Waals surface area (Å²) in [5.41, 5.74) is 1.53. The number of hydrogen-bond donors (Lipinski definition) is 1. The Kier molecular flexibility index (Phi) is 1.71. The van der Waals surface area contributed by atoms with Crippen molar-refractivity contribution in [3.63, 3.8) is 0 Å². The summed E-state index contributed by atoms with van der Waals surface area (Å²) in [6.07, 6.45) is 1.15. The summed E-state index contributed by atoms with van der Waals surface area (Å²) in [4.78, 5) is 4.76. The van der Waals surface area contributed by atoms with Crippen molar-refractivity contribution in [1.29, 1.82) is 0 Å². The Hall–Kier alpha value is -1.15. The third-order valence-electron chi connectivity index (χ3n) is 3.22. The number of nitrogens with zero attached hydrogens (tertiary/aromatic N) is 1. The first kappa shape index (κ1) is 8.18. The quantitative estimate of drug-likeness (QED) is 0.616. The predicted molar refractivity (Wildman–Crippen MR) is 56.5 cm³/mol. The molecule has 1 fully saturated rings. The summed E-state index contributed by atoms with van der Waals surface area (Å²) in [6, 6.07) is 9.38. The Morgan fingerprint density at radius 3 is 3.14 bits per heavy atom. The van der Waals surface area contributed by atoms with E-state index in [1.54, 1.807) is 0 Å². The van der Waals surface area contributed by atoms with E-state index in [1.807, 2.05) is 0 Å². The number of fused-ring (bicyclic) bond motifs is 2. The molecule has 0 radical (unpaired) electrons. The number of rotatable bonds is 0. The van der Waals surface area contributed by atoms with E-state index in [1.165, 1.54) is 16.1 Å². The van der Waals surface area contributed by atoms with Crippen LogP contribution in [-0.4, -0.2) is 18.6 Å². The largest absolute Gasteiger partial charge is 0.311 e. The molecule has 0 aromatic heterocycles. The van der Waals surface area contributed by atoms with Crippen LogP contribution in [0.2, 0.25) is 0 Å². The van der Waals surface area contributed by atoms with Gasteiger partial charge in [0.05, 0.1) is 11.4 Å². The smallest absolute Gasteiger partial charge is 0.0876 e. The molecule has 0 aliphatic carbocycles.